The lowest BCUT2D eigenvalue weighted by Crippen LogP contribution is -2.08. The van der Waals surface area contributed by atoms with Gasteiger partial charge in [0.25, 0.3) is 0 Å². The molecule has 4 atom stereocenters. The zero-order chi connectivity index (χ0) is 9.26. The van der Waals surface area contributed by atoms with E-state index in [9.17, 15) is 0 Å². The van der Waals surface area contributed by atoms with E-state index in [-0.39, 0.29) is 6.04 Å². The number of methoxy groups -OCH3 is 1. The van der Waals surface area contributed by atoms with Crippen molar-refractivity contribution >= 4 is 0 Å². The first kappa shape index (κ1) is 8.85. The van der Waals surface area contributed by atoms with E-state index >= 15 is 0 Å². The molecule has 0 aromatic heterocycles. The molecule has 0 aliphatic heterocycles. The van der Waals surface area contributed by atoms with Crippen molar-refractivity contribution in [1.82, 2.24) is 0 Å². The monoisotopic (exact) mass is 181 g/mol. The van der Waals surface area contributed by atoms with Crippen LogP contribution in [0, 0.1) is 11.8 Å². The third kappa shape index (κ3) is 1.64. The Balaban J connectivity index is 1.93. The van der Waals surface area contributed by atoms with E-state index < -0.39 is 0 Å². The molecule has 0 saturated heterocycles. The summed E-state index contributed by atoms with van der Waals surface area (Å²) in [4.78, 5) is 2.88. The van der Waals surface area contributed by atoms with Crippen LogP contribution >= 0.6 is 0 Å². The molecule has 2 fully saturated rings. The number of nitrogens with zero attached hydrogens (tertiary/aromatic N) is 3. The summed E-state index contributed by atoms with van der Waals surface area (Å²) in [7, 11) is 1.79. The maximum absolute atomic E-state index is 8.32. The van der Waals surface area contributed by atoms with Crippen LogP contribution in [0.3, 0.4) is 0 Å². The molecule has 0 unspecified atom stereocenters. The minimum absolute atomic E-state index is 0.262. The van der Waals surface area contributed by atoms with Crippen LogP contribution in [-0.2, 0) is 4.74 Å². The van der Waals surface area contributed by atoms with E-state index in [1.54, 1.807) is 7.11 Å². The van der Waals surface area contributed by atoms with Gasteiger partial charge in [-0.15, -0.1) is 0 Å². The van der Waals surface area contributed by atoms with Crippen molar-refractivity contribution in [3.8, 4) is 0 Å². The van der Waals surface area contributed by atoms with Crippen molar-refractivity contribution in [1.29, 1.82) is 0 Å². The molecular weight excluding hydrogens is 166 g/mol. The number of ether oxygens (including phenoxy) is 1. The Kier molecular flexibility index (Phi) is 2.42. The van der Waals surface area contributed by atoms with Crippen molar-refractivity contribution in [2.75, 3.05) is 7.11 Å². The van der Waals surface area contributed by atoms with Gasteiger partial charge >= 0.3 is 0 Å². The minimum atomic E-state index is 0.262. The fourth-order valence-electron chi connectivity index (χ4n) is 2.89. The molecule has 2 rings (SSSR count). The van der Waals surface area contributed by atoms with Crippen LogP contribution in [0.4, 0.5) is 0 Å². The third-order valence-corrected chi connectivity index (χ3v) is 3.50. The highest BCUT2D eigenvalue weighted by Crippen LogP contribution is 2.45. The third-order valence-electron chi connectivity index (χ3n) is 3.50. The summed E-state index contributed by atoms with van der Waals surface area (Å²) in [6.45, 7) is 0. The molecule has 13 heavy (non-hydrogen) atoms. The zero-order valence-corrected chi connectivity index (χ0v) is 7.89. The molecule has 4 heteroatoms. The summed E-state index contributed by atoms with van der Waals surface area (Å²) in [5.74, 6) is 1.50. The second-order valence-electron chi connectivity index (χ2n) is 4.18. The molecule has 0 radical (unpaired) electrons. The average Bonchev–Trinajstić information content (AvgIpc) is 2.61. The van der Waals surface area contributed by atoms with Crippen molar-refractivity contribution < 1.29 is 4.74 Å². The average molecular weight is 181 g/mol. The van der Waals surface area contributed by atoms with E-state index in [4.69, 9.17) is 10.3 Å². The van der Waals surface area contributed by atoms with Gasteiger partial charge in [-0.3, -0.25) is 0 Å². The quantitative estimate of drug-likeness (QED) is 0.367. The molecule has 0 amide bonds. The molecule has 0 aromatic carbocycles. The van der Waals surface area contributed by atoms with E-state index in [0.717, 1.165) is 24.7 Å². The Hall–Kier alpha value is -0.730. The molecule has 0 heterocycles. The van der Waals surface area contributed by atoms with Crippen molar-refractivity contribution in [2.24, 2.45) is 17.0 Å². The molecule has 0 aromatic rings. The van der Waals surface area contributed by atoms with Gasteiger partial charge < -0.3 is 4.74 Å². The first-order valence-electron chi connectivity index (χ1n) is 4.90. The van der Waals surface area contributed by atoms with Crippen LogP contribution in [0.1, 0.15) is 25.7 Å². The normalized spacial score (nSPS) is 42.8. The first-order chi connectivity index (χ1) is 6.33. The van der Waals surface area contributed by atoms with Gasteiger partial charge in [-0.2, -0.15) is 0 Å². The van der Waals surface area contributed by atoms with Gasteiger partial charge in [0.15, 0.2) is 0 Å². The Morgan fingerprint density at radius 1 is 1.23 bits per heavy atom. The van der Waals surface area contributed by atoms with Gasteiger partial charge in [-0.1, -0.05) is 5.11 Å². The number of azide groups is 1. The Bertz CT molecular complexity index is 223. The van der Waals surface area contributed by atoms with Gasteiger partial charge in [-0.05, 0) is 43.1 Å². The lowest BCUT2D eigenvalue weighted by molar-refractivity contribution is 0.101. The van der Waals surface area contributed by atoms with Crippen molar-refractivity contribution in [3.05, 3.63) is 10.4 Å². The second-order valence-corrected chi connectivity index (χ2v) is 4.18. The van der Waals surface area contributed by atoms with Crippen LogP contribution in [0.25, 0.3) is 10.4 Å². The maximum atomic E-state index is 8.32. The molecule has 2 saturated carbocycles. The first-order valence-corrected chi connectivity index (χ1v) is 4.90. The van der Waals surface area contributed by atoms with Gasteiger partial charge in [0, 0.05) is 18.1 Å². The smallest absolute Gasteiger partial charge is 0.0576 e. The van der Waals surface area contributed by atoms with E-state index in [2.05, 4.69) is 10.0 Å². The Labute approximate surface area is 77.9 Å². The second kappa shape index (κ2) is 3.56. The molecule has 2 aliphatic rings. The molecule has 0 spiro atoms. The van der Waals surface area contributed by atoms with E-state index in [1.165, 1.54) is 12.8 Å². The number of hydrogen-bond acceptors (Lipinski definition) is 2. The van der Waals surface area contributed by atoms with Gasteiger partial charge in [-0.25, -0.2) is 0 Å². The molecule has 0 bridgehead atoms. The number of rotatable bonds is 2. The molecule has 0 N–H and O–H groups in total. The Morgan fingerprint density at radius 3 is 2.31 bits per heavy atom. The summed E-state index contributed by atoms with van der Waals surface area (Å²) in [5, 5.41) is 3.80. The van der Waals surface area contributed by atoms with Crippen LogP contribution in [0.5, 0.6) is 0 Å². The van der Waals surface area contributed by atoms with Crippen LogP contribution in [0.15, 0.2) is 5.11 Å². The fraction of sp³-hybridized carbons (Fsp3) is 1.00. The van der Waals surface area contributed by atoms with Crippen molar-refractivity contribution in [2.45, 2.75) is 37.8 Å². The van der Waals surface area contributed by atoms with E-state index in [1.807, 2.05) is 0 Å². The predicted octanol–water partition coefficient (Wildman–Crippen LogP) is 2.50. The maximum Gasteiger partial charge on any atom is 0.0576 e. The van der Waals surface area contributed by atoms with Crippen LogP contribution in [-0.4, -0.2) is 19.3 Å². The van der Waals surface area contributed by atoms with Crippen LogP contribution in [0.2, 0.25) is 0 Å². The summed E-state index contributed by atoms with van der Waals surface area (Å²) >= 11 is 0. The predicted molar refractivity (Wildman–Crippen MR) is 49.2 cm³/mol. The van der Waals surface area contributed by atoms with E-state index in [0.29, 0.717) is 6.10 Å². The summed E-state index contributed by atoms with van der Waals surface area (Å²) in [6, 6.07) is 0.262. The summed E-state index contributed by atoms with van der Waals surface area (Å²) in [5.41, 5.74) is 8.32. The summed E-state index contributed by atoms with van der Waals surface area (Å²) in [6.07, 6.45) is 4.95. The van der Waals surface area contributed by atoms with Gasteiger partial charge in [0.2, 0.25) is 0 Å². The zero-order valence-electron chi connectivity index (χ0n) is 7.89. The van der Waals surface area contributed by atoms with Gasteiger partial charge in [0.05, 0.1) is 6.10 Å². The Morgan fingerprint density at radius 2 is 1.85 bits per heavy atom. The SMILES string of the molecule is CO[C@H]1C[C@H]2C[C@H](N=[N+]=[N-])C[C@H]2C1. The van der Waals surface area contributed by atoms with Gasteiger partial charge in [0.1, 0.15) is 0 Å². The molecular formula is C9H15N3O. The minimum Gasteiger partial charge on any atom is -0.381 e. The van der Waals surface area contributed by atoms with Crippen molar-refractivity contribution in [3.63, 3.8) is 0 Å². The van der Waals surface area contributed by atoms with Crippen LogP contribution < -0.4 is 0 Å². The lowest BCUT2D eigenvalue weighted by atomic mass is 10.0. The number of fused-ring (bicyclic) bond motifs is 1. The standard InChI is InChI=1S/C9H15N3O/c1-13-9-4-6-2-8(11-12-10)3-7(6)5-9/h6-9H,2-5H2,1H3/t6-,7+,8+,9+. The summed E-state index contributed by atoms with van der Waals surface area (Å²) < 4.78 is 5.34. The topological polar surface area (TPSA) is 58.0 Å². The highest BCUT2D eigenvalue weighted by atomic mass is 16.5. The largest absolute Gasteiger partial charge is 0.381 e. The lowest BCUT2D eigenvalue weighted by Gasteiger charge is -2.09. The highest BCUT2D eigenvalue weighted by molar-refractivity contribution is 4.94. The highest BCUT2D eigenvalue weighted by Gasteiger charge is 2.41. The molecule has 72 valence electrons. The fourth-order valence-corrected chi connectivity index (χ4v) is 2.89. The molecule has 2 aliphatic carbocycles. The number of hydrogen-bond donors (Lipinski definition) is 0. The molecule has 4 nitrogen and oxygen atoms in total.